The minimum atomic E-state index is -0.229. The molecule has 2 nitrogen and oxygen atoms in total. The van der Waals surface area contributed by atoms with Crippen LogP contribution in [0.25, 0.3) is 0 Å². The first kappa shape index (κ1) is 11.1. The maximum absolute atomic E-state index is 13.5. The highest BCUT2D eigenvalue weighted by Gasteiger charge is 2.09. The zero-order valence-electron chi connectivity index (χ0n) is 9.20. The Hall–Kier alpha value is -1.42. The van der Waals surface area contributed by atoms with Crippen molar-refractivity contribution in [3.05, 3.63) is 46.2 Å². The standard InChI is InChI=1S/C12H13FN2S/c1-8-3-4-10(13)11(5-8)15-9(2)12-6-16-7-14-12/h3-7,9,15H,1-2H3. The zero-order chi connectivity index (χ0) is 11.5. The maximum Gasteiger partial charge on any atom is 0.146 e. The molecule has 0 saturated carbocycles. The van der Waals surface area contributed by atoms with Gasteiger partial charge >= 0.3 is 0 Å². The molecule has 1 heterocycles. The van der Waals surface area contributed by atoms with Gasteiger partial charge in [-0.3, -0.25) is 0 Å². The first-order chi connectivity index (χ1) is 7.66. The average molecular weight is 236 g/mol. The summed E-state index contributed by atoms with van der Waals surface area (Å²) in [7, 11) is 0. The van der Waals surface area contributed by atoms with Gasteiger partial charge in [0.2, 0.25) is 0 Å². The molecule has 16 heavy (non-hydrogen) atoms. The molecule has 0 bridgehead atoms. The molecule has 4 heteroatoms. The number of halogens is 1. The normalized spacial score (nSPS) is 12.4. The molecule has 2 aromatic rings. The van der Waals surface area contributed by atoms with Crippen molar-refractivity contribution in [1.82, 2.24) is 4.98 Å². The fraction of sp³-hybridized carbons (Fsp3) is 0.250. The van der Waals surface area contributed by atoms with Crippen LogP contribution in [0.4, 0.5) is 10.1 Å². The van der Waals surface area contributed by atoms with Gasteiger partial charge in [0.25, 0.3) is 0 Å². The topological polar surface area (TPSA) is 24.9 Å². The first-order valence-corrected chi connectivity index (χ1v) is 6.02. The highest BCUT2D eigenvalue weighted by Crippen LogP contribution is 2.22. The summed E-state index contributed by atoms with van der Waals surface area (Å²) in [5.74, 6) is -0.229. The Labute approximate surface area is 98.2 Å². The number of anilines is 1. The van der Waals surface area contributed by atoms with E-state index in [2.05, 4.69) is 10.3 Å². The molecule has 0 fully saturated rings. The van der Waals surface area contributed by atoms with E-state index in [1.807, 2.05) is 19.2 Å². The number of rotatable bonds is 3. The summed E-state index contributed by atoms with van der Waals surface area (Å²) in [6.07, 6.45) is 0. The molecule has 84 valence electrons. The van der Waals surface area contributed by atoms with E-state index in [1.54, 1.807) is 29.0 Å². The Morgan fingerprint density at radius 3 is 2.94 bits per heavy atom. The molecule has 0 spiro atoms. The molecule has 0 aliphatic carbocycles. The second kappa shape index (κ2) is 4.61. The second-order valence-electron chi connectivity index (χ2n) is 3.76. The molecule has 0 radical (unpaired) electrons. The van der Waals surface area contributed by atoms with Crippen molar-refractivity contribution in [2.75, 3.05) is 5.32 Å². The number of nitrogens with one attached hydrogen (secondary N) is 1. The van der Waals surface area contributed by atoms with Crippen molar-refractivity contribution in [2.45, 2.75) is 19.9 Å². The van der Waals surface area contributed by atoms with Gasteiger partial charge < -0.3 is 5.32 Å². The van der Waals surface area contributed by atoms with Gasteiger partial charge in [0, 0.05) is 5.38 Å². The van der Waals surface area contributed by atoms with Crippen LogP contribution in [0.1, 0.15) is 24.2 Å². The van der Waals surface area contributed by atoms with Crippen molar-refractivity contribution >= 4 is 17.0 Å². The summed E-state index contributed by atoms with van der Waals surface area (Å²) in [6.45, 7) is 3.91. The average Bonchev–Trinajstić information content (AvgIpc) is 2.76. The number of nitrogens with zero attached hydrogens (tertiary/aromatic N) is 1. The van der Waals surface area contributed by atoms with E-state index in [1.165, 1.54) is 6.07 Å². The lowest BCUT2D eigenvalue weighted by molar-refractivity contribution is 0.626. The quantitative estimate of drug-likeness (QED) is 0.877. The highest BCUT2D eigenvalue weighted by atomic mass is 32.1. The fourth-order valence-corrected chi connectivity index (χ4v) is 2.14. The van der Waals surface area contributed by atoms with Gasteiger partial charge in [0.1, 0.15) is 5.82 Å². The number of hydrogen-bond acceptors (Lipinski definition) is 3. The fourth-order valence-electron chi connectivity index (χ4n) is 1.49. The molecule has 1 unspecified atom stereocenters. The third kappa shape index (κ3) is 2.39. The minimum Gasteiger partial charge on any atom is -0.375 e. The Kier molecular flexibility index (Phi) is 3.19. The van der Waals surface area contributed by atoms with Gasteiger partial charge in [0.15, 0.2) is 0 Å². The molecule has 0 saturated heterocycles. The first-order valence-electron chi connectivity index (χ1n) is 5.07. The molecule has 1 atom stereocenters. The number of benzene rings is 1. The summed E-state index contributed by atoms with van der Waals surface area (Å²) < 4.78 is 13.5. The predicted molar refractivity (Wildman–Crippen MR) is 65.3 cm³/mol. The lowest BCUT2D eigenvalue weighted by Gasteiger charge is -2.14. The summed E-state index contributed by atoms with van der Waals surface area (Å²) >= 11 is 1.54. The Bertz CT molecular complexity index is 468. The Balaban J connectivity index is 2.17. The van der Waals surface area contributed by atoms with Crippen molar-refractivity contribution < 1.29 is 4.39 Å². The summed E-state index contributed by atoms with van der Waals surface area (Å²) in [5.41, 5.74) is 4.28. The smallest absolute Gasteiger partial charge is 0.146 e. The van der Waals surface area contributed by atoms with Crippen LogP contribution in [0.2, 0.25) is 0 Å². The van der Waals surface area contributed by atoms with Crippen molar-refractivity contribution in [3.8, 4) is 0 Å². The predicted octanol–water partition coefficient (Wildman–Crippen LogP) is 3.76. The summed E-state index contributed by atoms with van der Waals surface area (Å²) in [6, 6.07) is 5.06. The van der Waals surface area contributed by atoms with Gasteiger partial charge in [-0.15, -0.1) is 11.3 Å². The van der Waals surface area contributed by atoms with Crippen molar-refractivity contribution in [1.29, 1.82) is 0 Å². The molecule has 0 aliphatic rings. The molecule has 1 aromatic heterocycles. The lowest BCUT2D eigenvalue weighted by atomic mass is 10.2. The SMILES string of the molecule is Cc1ccc(F)c(NC(C)c2cscn2)c1. The molecule has 0 aliphatic heterocycles. The molecular formula is C12H13FN2S. The Morgan fingerprint density at radius 1 is 1.44 bits per heavy atom. The van der Waals surface area contributed by atoms with E-state index in [0.29, 0.717) is 5.69 Å². The minimum absolute atomic E-state index is 0.0162. The second-order valence-corrected chi connectivity index (χ2v) is 4.48. The molecule has 1 N–H and O–H groups in total. The summed E-state index contributed by atoms with van der Waals surface area (Å²) in [5, 5.41) is 5.09. The van der Waals surface area contributed by atoms with Gasteiger partial charge in [0.05, 0.1) is 22.9 Å². The highest BCUT2D eigenvalue weighted by molar-refractivity contribution is 7.07. The van der Waals surface area contributed by atoms with Crippen LogP contribution in [0, 0.1) is 12.7 Å². The van der Waals surface area contributed by atoms with E-state index in [-0.39, 0.29) is 11.9 Å². The van der Waals surface area contributed by atoms with E-state index < -0.39 is 0 Å². The van der Waals surface area contributed by atoms with E-state index >= 15 is 0 Å². The van der Waals surface area contributed by atoms with Gasteiger partial charge in [-0.2, -0.15) is 0 Å². The number of aromatic nitrogens is 1. The molecular weight excluding hydrogens is 223 g/mol. The number of aryl methyl sites for hydroxylation is 1. The lowest BCUT2D eigenvalue weighted by Crippen LogP contribution is -2.08. The number of hydrogen-bond donors (Lipinski definition) is 1. The van der Waals surface area contributed by atoms with Crippen LogP contribution in [0.3, 0.4) is 0 Å². The van der Waals surface area contributed by atoms with Crippen LogP contribution in [0.15, 0.2) is 29.1 Å². The van der Waals surface area contributed by atoms with Crippen LogP contribution in [-0.2, 0) is 0 Å². The molecule has 0 amide bonds. The van der Waals surface area contributed by atoms with Crippen LogP contribution < -0.4 is 5.32 Å². The summed E-state index contributed by atoms with van der Waals surface area (Å²) in [4.78, 5) is 4.20. The largest absolute Gasteiger partial charge is 0.375 e. The van der Waals surface area contributed by atoms with Gasteiger partial charge in [-0.25, -0.2) is 9.37 Å². The van der Waals surface area contributed by atoms with Crippen molar-refractivity contribution in [2.24, 2.45) is 0 Å². The van der Waals surface area contributed by atoms with Crippen LogP contribution >= 0.6 is 11.3 Å². The third-order valence-electron chi connectivity index (χ3n) is 2.39. The maximum atomic E-state index is 13.5. The van der Waals surface area contributed by atoms with E-state index in [0.717, 1.165) is 11.3 Å². The molecule has 1 aromatic carbocycles. The van der Waals surface area contributed by atoms with E-state index in [9.17, 15) is 4.39 Å². The van der Waals surface area contributed by atoms with Crippen LogP contribution in [-0.4, -0.2) is 4.98 Å². The van der Waals surface area contributed by atoms with Gasteiger partial charge in [-0.05, 0) is 31.5 Å². The van der Waals surface area contributed by atoms with Gasteiger partial charge in [-0.1, -0.05) is 6.07 Å². The number of thiazole rings is 1. The van der Waals surface area contributed by atoms with Crippen molar-refractivity contribution in [3.63, 3.8) is 0 Å². The third-order valence-corrected chi connectivity index (χ3v) is 2.99. The Morgan fingerprint density at radius 2 is 2.25 bits per heavy atom. The van der Waals surface area contributed by atoms with Crippen LogP contribution in [0.5, 0.6) is 0 Å². The monoisotopic (exact) mass is 236 g/mol. The van der Waals surface area contributed by atoms with E-state index in [4.69, 9.17) is 0 Å². The zero-order valence-corrected chi connectivity index (χ0v) is 10.0. The molecule has 2 rings (SSSR count).